The van der Waals surface area contributed by atoms with Crippen molar-refractivity contribution in [2.45, 2.75) is 19.8 Å². The van der Waals surface area contributed by atoms with E-state index in [0.29, 0.717) is 10.3 Å². The molecule has 2 aromatic rings. The van der Waals surface area contributed by atoms with Gasteiger partial charge < -0.3 is 9.40 Å². The second-order valence-electron chi connectivity index (χ2n) is 3.44. The SMILES string of the molecule is CCCc1nc(-c2ccoc2)[nH]c(=O)c1Br. The molecule has 0 saturated heterocycles. The van der Waals surface area contributed by atoms with Crippen molar-refractivity contribution in [2.75, 3.05) is 0 Å². The summed E-state index contributed by atoms with van der Waals surface area (Å²) in [5, 5.41) is 0. The third-order valence-electron chi connectivity index (χ3n) is 2.21. The van der Waals surface area contributed by atoms with Crippen LogP contribution in [0.4, 0.5) is 0 Å². The Morgan fingerprint density at radius 2 is 2.38 bits per heavy atom. The van der Waals surface area contributed by atoms with E-state index < -0.39 is 0 Å². The molecule has 0 aliphatic heterocycles. The van der Waals surface area contributed by atoms with Gasteiger partial charge in [-0.15, -0.1) is 0 Å². The average Bonchev–Trinajstić information content (AvgIpc) is 2.78. The quantitative estimate of drug-likeness (QED) is 0.942. The highest BCUT2D eigenvalue weighted by atomic mass is 79.9. The van der Waals surface area contributed by atoms with E-state index in [-0.39, 0.29) is 5.56 Å². The molecule has 0 aliphatic rings. The summed E-state index contributed by atoms with van der Waals surface area (Å²) in [5.74, 6) is 0.547. The van der Waals surface area contributed by atoms with Crippen molar-refractivity contribution in [1.82, 2.24) is 9.97 Å². The highest BCUT2D eigenvalue weighted by Gasteiger charge is 2.10. The molecular weight excluding hydrogens is 272 g/mol. The molecule has 0 radical (unpaired) electrons. The summed E-state index contributed by atoms with van der Waals surface area (Å²) in [5.41, 5.74) is 1.40. The van der Waals surface area contributed by atoms with Gasteiger partial charge in [-0.05, 0) is 28.4 Å². The Kier molecular flexibility index (Phi) is 3.24. The lowest BCUT2D eigenvalue weighted by Crippen LogP contribution is -2.13. The van der Waals surface area contributed by atoms with Gasteiger partial charge in [0.05, 0.1) is 17.5 Å². The van der Waals surface area contributed by atoms with E-state index in [1.54, 1.807) is 18.6 Å². The Bertz CT molecular complexity index is 531. The predicted octanol–water partition coefficient (Wildman–Crippen LogP) is 2.74. The smallest absolute Gasteiger partial charge is 0.265 e. The van der Waals surface area contributed by atoms with Crippen LogP contribution in [0.3, 0.4) is 0 Å². The van der Waals surface area contributed by atoms with Gasteiger partial charge in [0.25, 0.3) is 5.56 Å². The van der Waals surface area contributed by atoms with Gasteiger partial charge >= 0.3 is 0 Å². The van der Waals surface area contributed by atoms with Crippen LogP contribution in [-0.4, -0.2) is 9.97 Å². The number of hydrogen-bond donors (Lipinski definition) is 1. The zero-order valence-electron chi connectivity index (χ0n) is 8.79. The highest BCUT2D eigenvalue weighted by molar-refractivity contribution is 9.10. The van der Waals surface area contributed by atoms with Crippen LogP contribution in [0.15, 0.2) is 32.3 Å². The summed E-state index contributed by atoms with van der Waals surface area (Å²) in [6, 6.07) is 1.77. The van der Waals surface area contributed by atoms with Crippen LogP contribution < -0.4 is 5.56 Å². The summed E-state index contributed by atoms with van der Waals surface area (Å²) in [6.45, 7) is 2.05. The third-order valence-corrected chi connectivity index (χ3v) is 3.03. The normalized spacial score (nSPS) is 10.6. The van der Waals surface area contributed by atoms with Crippen molar-refractivity contribution in [1.29, 1.82) is 0 Å². The largest absolute Gasteiger partial charge is 0.472 e. The molecule has 0 atom stereocenters. The van der Waals surface area contributed by atoms with Gasteiger partial charge in [0.15, 0.2) is 0 Å². The molecule has 0 bridgehead atoms. The van der Waals surface area contributed by atoms with Crippen molar-refractivity contribution in [3.8, 4) is 11.4 Å². The Morgan fingerprint density at radius 1 is 1.56 bits per heavy atom. The molecule has 16 heavy (non-hydrogen) atoms. The van der Waals surface area contributed by atoms with Gasteiger partial charge in [-0.3, -0.25) is 4.79 Å². The molecule has 4 nitrogen and oxygen atoms in total. The fourth-order valence-electron chi connectivity index (χ4n) is 1.44. The van der Waals surface area contributed by atoms with Crippen LogP contribution in [0.2, 0.25) is 0 Å². The second-order valence-corrected chi connectivity index (χ2v) is 4.23. The third kappa shape index (κ3) is 2.09. The van der Waals surface area contributed by atoms with Gasteiger partial charge in [0.2, 0.25) is 0 Å². The van der Waals surface area contributed by atoms with E-state index in [1.165, 1.54) is 0 Å². The molecule has 0 spiro atoms. The lowest BCUT2D eigenvalue weighted by atomic mass is 10.2. The summed E-state index contributed by atoms with van der Waals surface area (Å²) >= 11 is 3.25. The minimum absolute atomic E-state index is 0.158. The van der Waals surface area contributed by atoms with Crippen LogP contribution in [0, 0.1) is 0 Å². The van der Waals surface area contributed by atoms with Crippen molar-refractivity contribution >= 4 is 15.9 Å². The molecule has 2 aromatic heterocycles. The van der Waals surface area contributed by atoms with Gasteiger partial charge in [0, 0.05) is 0 Å². The molecule has 1 N–H and O–H groups in total. The number of nitrogens with zero attached hydrogens (tertiary/aromatic N) is 1. The fourth-order valence-corrected chi connectivity index (χ4v) is 1.83. The first kappa shape index (κ1) is 11.1. The number of aromatic amines is 1. The summed E-state index contributed by atoms with van der Waals surface area (Å²) in [4.78, 5) is 18.8. The predicted molar refractivity (Wildman–Crippen MR) is 64.3 cm³/mol. The van der Waals surface area contributed by atoms with E-state index in [2.05, 4.69) is 25.9 Å². The molecule has 0 aliphatic carbocycles. The molecule has 5 heteroatoms. The van der Waals surface area contributed by atoms with E-state index in [1.807, 2.05) is 6.92 Å². The summed E-state index contributed by atoms with van der Waals surface area (Å²) < 4.78 is 5.48. The number of nitrogens with one attached hydrogen (secondary N) is 1. The van der Waals surface area contributed by atoms with Gasteiger partial charge in [-0.2, -0.15) is 0 Å². The van der Waals surface area contributed by atoms with Gasteiger partial charge in [-0.1, -0.05) is 13.3 Å². The Morgan fingerprint density at radius 3 is 3.00 bits per heavy atom. The van der Waals surface area contributed by atoms with E-state index >= 15 is 0 Å². The Hall–Kier alpha value is -1.36. The molecule has 0 aromatic carbocycles. The molecule has 84 valence electrons. The molecular formula is C11H11BrN2O2. The van der Waals surface area contributed by atoms with E-state index in [0.717, 1.165) is 24.1 Å². The lowest BCUT2D eigenvalue weighted by Gasteiger charge is -2.03. The first-order valence-corrected chi connectivity index (χ1v) is 5.83. The minimum atomic E-state index is -0.158. The molecule has 2 heterocycles. The summed E-state index contributed by atoms with van der Waals surface area (Å²) in [7, 11) is 0. The average molecular weight is 283 g/mol. The summed E-state index contributed by atoms with van der Waals surface area (Å²) in [6.07, 6.45) is 4.83. The van der Waals surface area contributed by atoms with Crippen LogP contribution in [0.1, 0.15) is 19.0 Å². The van der Waals surface area contributed by atoms with E-state index in [9.17, 15) is 4.79 Å². The number of hydrogen-bond acceptors (Lipinski definition) is 3. The monoisotopic (exact) mass is 282 g/mol. The number of halogens is 1. The van der Waals surface area contributed by atoms with Crippen LogP contribution in [0.5, 0.6) is 0 Å². The number of H-pyrrole nitrogens is 1. The topological polar surface area (TPSA) is 58.9 Å². The van der Waals surface area contributed by atoms with Gasteiger partial charge in [0.1, 0.15) is 16.6 Å². The number of rotatable bonds is 3. The Balaban J connectivity index is 2.53. The number of aromatic nitrogens is 2. The van der Waals surface area contributed by atoms with Crippen LogP contribution in [-0.2, 0) is 6.42 Å². The highest BCUT2D eigenvalue weighted by Crippen LogP contribution is 2.17. The number of furan rings is 1. The standard InChI is InChI=1S/C11H11BrN2O2/c1-2-3-8-9(12)11(15)14-10(13-8)7-4-5-16-6-7/h4-6H,2-3H2,1H3,(H,13,14,15). The molecule has 0 unspecified atom stereocenters. The van der Waals surface area contributed by atoms with Crippen molar-refractivity contribution in [3.05, 3.63) is 39.1 Å². The molecule has 0 fully saturated rings. The first-order valence-electron chi connectivity index (χ1n) is 5.03. The second kappa shape index (κ2) is 4.65. The van der Waals surface area contributed by atoms with Crippen molar-refractivity contribution in [3.63, 3.8) is 0 Å². The molecule has 0 saturated carbocycles. The Labute approximate surface area is 101 Å². The molecule has 2 rings (SSSR count). The van der Waals surface area contributed by atoms with Crippen molar-refractivity contribution in [2.24, 2.45) is 0 Å². The van der Waals surface area contributed by atoms with Crippen molar-refractivity contribution < 1.29 is 4.42 Å². The maximum absolute atomic E-state index is 11.7. The van der Waals surface area contributed by atoms with Gasteiger partial charge in [-0.25, -0.2) is 4.98 Å². The minimum Gasteiger partial charge on any atom is -0.472 e. The lowest BCUT2D eigenvalue weighted by molar-refractivity contribution is 0.568. The maximum Gasteiger partial charge on any atom is 0.265 e. The molecule has 0 amide bonds. The zero-order chi connectivity index (χ0) is 11.5. The van der Waals surface area contributed by atoms with Crippen LogP contribution >= 0.6 is 15.9 Å². The zero-order valence-corrected chi connectivity index (χ0v) is 10.4. The van der Waals surface area contributed by atoms with Crippen LogP contribution in [0.25, 0.3) is 11.4 Å². The fraction of sp³-hybridized carbons (Fsp3) is 0.273. The first-order chi connectivity index (χ1) is 7.72. The number of aryl methyl sites for hydroxylation is 1. The van der Waals surface area contributed by atoms with E-state index in [4.69, 9.17) is 4.42 Å². The maximum atomic E-state index is 11.7.